The molecule has 0 aromatic rings. The average Bonchev–Trinajstić information content (AvgIpc) is 3.55. The highest BCUT2D eigenvalue weighted by Crippen LogP contribution is 2.21. The highest BCUT2D eigenvalue weighted by molar-refractivity contribution is 5.76. The van der Waals surface area contributed by atoms with Crippen molar-refractivity contribution in [1.82, 2.24) is 5.32 Å². The van der Waals surface area contributed by atoms with Gasteiger partial charge in [0.25, 0.3) is 0 Å². The van der Waals surface area contributed by atoms with Gasteiger partial charge in [-0.05, 0) is 77.0 Å². The molecular formula is C88H171NO5. The van der Waals surface area contributed by atoms with Gasteiger partial charge < -0.3 is 20.3 Å². The molecule has 2 unspecified atom stereocenters. The molecule has 0 rings (SSSR count). The number of hydrogen-bond acceptors (Lipinski definition) is 5. The zero-order valence-corrected chi connectivity index (χ0v) is 64.2. The molecule has 3 N–H and O–H groups in total. The number of nitrogens with one attached hydrogen (secondary N) is 1. The monoisotopic (exact) mass is 1320 g/mol. The quantitative estimate of drug-likeness (QED) is 0.0320. The third kappa shape index (κ3) is 79.3. The molecule has 6 heteroatoms. The predicted octanol–water partition coefficient (Wildman–Crippen LogP) is 29.2. The van der Waals surface area contributed by atoms with E-state index < -0.39 is 12.1 Å². The number of ether oxygens (including phenoxy) is 1. The minimum atomic E-state index is -0.662. The number of aliphatic hydroxyl groups excluding tert-OH is 2. The average molecular weight is 1320 g/mol. The molecule has 0 aromatic heterocycles. The van der Waals surface area contributed by atoms with Gasteiger partial charge in [0.05, 0.1) is 25.4 Å². The lowest BCUT2D eigenvalue weighted by atomic mass is 10.0. The van der Waals surface area contributed by atoms with Gasteiger partial charge in [-0.2, -0.15) is 0 Å². The highest BCUT2D eigenvalue weighted by atomic mass is 16.5. The van der Waals surface area contributed by atoms with Gasteiger partial charge in [0.1, 0.15) is 0 Å². The molecule has 0 spiro atoms. The second kappa shape index (κ2) is 83.8. The number of unbranched alkanes of at least 4 members (excludes halogenated alkanes) is 68. The van der Waals surface area contributed by atoms with E-state index in [1.165, 1.54) is 430 Å². The van der Waals surface area contributed by atoms with Crippen LogP contribution in [-0.4, -0.2) is 47.4 Å². The second-order valence-corrected chi connectivity index (χ2v) is 30.2. The Hall–Kier alpha value is -1.66. The van der Waals surface area contributed by atoms with E-state index in [1.807, 2.05) is 0 Å². The van der Waals surface area contributed by atoms with E-state index in [0.717, 1.165) is 38.5 Å². The molecule has 0 aliphatic carbocycles. The molecule has 94 heavy (non-hydrogen) atoms. The fourth-order valence-corrected chi connectivity index (χ4v) is 14.1. The number of allylic oxidation sites excluding steroid dienone is 4. The van der Waals surface area contributed by atoms with Crippen molar-refractivity contribution in [2.45, 2.75) is 514 Å². The van der Waals surface area contributed by atoms with Gasteiger partial charge in [0.2, 0.25) is 5.91 Å². The Labute approximate surface area is 590 Å². The van der Waals surface area contributed by atoms with Crippen LogP contribution in [0.25, 0.3) is 0 Å². The SMILES string of the molecule is CCCCCCCC/C=C\CCCCCCCCCC(=O)OCCCCCCCCCCCCCCCCCCCC/C=C\CCCCCCCCCCCCCCCCCCCC(=O)NC(CO)C(O)CCCCCCCCCCCCCCCCCCCCCCC. The third-order valence-electron chi connectivity index (χ3n) is 20.7. The summed E-state index contributed by atoms with van der Waals surface area (Å²) in [5.41, 5.74) is 0. The Bertz CT molecular complexity index is 1480. The normalized spacial score (nSPS) is 12.5. The number of hydrogen-bond donors (Lipinski definition) is 3. The van der Waals surface area contributed by atoms with Crippen LogP contribution in [0.5, 0.6) is 0 Å². The first kappa shape index (κ1) is 92.3. The number of esters is 1. The molecule has 0 aliphatic heterocycles. The zero-order valence-electron chi connectivity index (χ0n) is 64.2. The summed E-state index contributed by atoms with van der Waals surface area (Å²) in [4.78, 5) is 24.7. The van der Waals surface area contributed by atoms with Crippen LogP contribution in [0, 0.1) is 0 Å². The maximum Gasteiger partial charge on any atom is 0.305 e. The van der Waals surface area contributed by atoms with Crippen molar-refractivity contribution in [1.29, 1.82) is 0 Å². The topological polar surface area (TPSA) is 95.9 Å². The van der Waals surface area contributed by atoms with Crippen molar-refractivity contribution in [3.8, 4) is 0 Å². The molecule has 1 amide bonds. The molecule has 0 radical (unpaired) electrons. The number of amides is 1. The van der Waals surface area contributed by atoms with E-state index in [4.69, 9.17) is 4.74 Å². The molecule has 0 fully saturated rings. The smallest absolute Gasteiger partial charge is 0.305 e. The van der Waals surface area contributed by atoms with Crippen molar-refractivity contribution < 1.29 is 24.5 Å². The van der Waals surface area contributed by atoms with Gasteiger partial charge in [-0.3, -0.25) is 9.59 Å². The van der Waals surface area contributed by atoms with Gasteiger partial charge in [0.15, 0.2) is 0 Å². The molecule has 0 aliphatic rings. The van der Waals surface area contributed by atoms with E-state index in [2.05, 4.69) is 43.5 Å². The summed E-state index contributed by atoms with van der Waals surface area (Å²) in [6, 6.07) is -0.539. The summed E-state index contributed by atoms with van der Waals surface area (Å²) in [6.07, 6.45) is 109. The van der Waals surface area contributed by atoms with E-state index in [1.54, 1.807) is 0 Å². The van der Waals surface area contributed by atoms with Crippen LogP contribution >= 0.6 is 0 Å². The largest absolute Gasteiger partial charge is 0.466 e. The lowest BCUT2D eigenvalue weighted by Gasteiger charge is -2.22. The van der Waals surface area contributed by atoms with Crippen molar-refractivity contribution in [3.05, 3.63) is 24.3 Å². The molecule has 6 nitrogen and oxygen atoms in total. The molecule has 0 saturated carbocycles. The third-order valence-corrected chi connectivity index (χ3v) is 20.7. The lowest BCUT2D eigenvalue weighted by molar-refractivity contribution is -0.143. The van der Waals surface area contributed by atoms with E-state index in [-0.39, 0.29) is 18.5 Å². The minimum absolute atomic E-state index is 0.0203. The Morgan fingerprint density at radius 1 is 0.287 bits per heavy atom. The molecule has 0 aromatic carbocycles. The predicted molar refractivity (Wildman–Crippen MR) is 417 cm³/mol. The highest BCUT2D eigenvalue weighted by Gasteiger charge is 2.20. The molecule has 0 heterocycles. The van der Waals surface area contributed by atoms with Crippen LogP contribution in [0.15, 0.2) is 24.3 Å². The van der Waals surface area contributed by atoms with Gasteiger partial charge >= 0.3 is 5.97 Å². The van der Waals surface area contributed by atoms with Crippen LogP contribution in [-0.2, 0) is 14.3 Å². The summed E-state index contributed by atoms with van der Waals surface area (Å²) in [5.74, 6) is -0.00450. The number of carbonyl (C=O) groups is 2. The maximum atomic E-state index is 12.6. The Morgan fingerprint density at radius 3 is 0.755 bits per heavy atom. The van der Waals surface area contributed by atoms with Crippen LogP contribution in [0.2, 0.25) is 0 Å². The van der Waals surface area contributed by atoms with Crippen LogP contribution in [0.4, 0.5) is 0 Å². The molecule has 0 bridgehead atoms. The lowest BCUT2D eigenvalue weighted by Crippen LogP contribution is -2.45. The summed E-state index contributed by atoms with van der Waals surface area (Å²) in [6.45, 7) is 5.01. The first-order valence-corrected chi connectivity index (χ1v) is 43.6. The molecule has 558 valence electrons. The fraction of sp³-hybridized carbons (Fsp3) is 0.932. The summed E-state index contributed by atoms with van der Waals surface area (Å²) in [7, 11) is 0. The van der Waals surface area contributed by atoms with Crippen molar-refractivity contribution in [2.24, 2.45) is 0 Å². The van der Waals surface area contributed by atoms with E-state index in [0.29, 0.717) is 25.9 Å². The van der Waals surface area contributed by atoms with Gasteiger partial charge in [-0.1, -0.05) is 436 Å². The van der Waals surface area contributed by atoms with Crippen LogP contribution < -0.4 is 5.32 Å². The molecule has 0 saturated heterocycles. The van der Waals surface area contributed by atoms with Crippen LogP contribution in [0.1, 0.15) is 502 Å². The van der Waals surface area contributed by atoms with Gasteiger partial charge in [0, 0.05) is 12.8 Å². The Balaban J connectivity index is 3.32. The molecule has 2 atom stereocenters. The Morgan fingerprint density at radius 2 is 0.500 bits per heavy atom. The first-order valence-electron chi connectivity index (χ1n) is 43.6. The number of aliphatic hydroxyl groups is 2. The second-order valence-electron chi connectivity index (χ2n) is 30.2. The number of carbonyl (C=O) groups excluding carboxylic acids is 2. The maximum absolute atomic E-state index is 12.6. The van der Waals surface area contributed by atoms with Crippen LogP contribution in [0.3, 0.4) is 0 Å². The minimum Gasteiger partial charge on any atom is -0.466 e. The van der Waals surface area contributed by atoms with Gasteiger partial charge in [-0.15, -0.1) is 0 Å². The van der Waals surface area contributed by atoms with Crippen molar-refractivity contribution in [2.75, 3.05) is 13.2 Å². The zero-order chi connectivity index (χ0) is 67.7. The van der Waals surface area contributed by atoms with E-state index in [9.17, 15) is 19.8 Å². The number of rotatable bonds is 83. The molecular weight excluding hydrogens is 1150 g/mol. The standard InChI is InChI=1S/C88H171NO5/c1-3-5-7-9-11-13-15-17-19-21-22-42-45-49-52-56-60-64-68-72-76-80-86(91)85(84-90)89-87(92)81-77-73-69-65-61-57-53-50-46-43-40-38-36-34-32-30-28-26-24-23-25-27-29-31-33-35-37-39-41-44-47-51-55-59-63-67-71-75-79-83-94-88(93)82-78-74-70-66-62-58-54-48-20-18-16-14-12-10-8-6-4-2/h18,20,23-24,85-86,90-91H,3-17,19,21-22,25-84H2,1-2H3,(H,89,92)/b20-18-,24-23-. The van der Waals surface area contributed by atoms with Crippen molar-refractivity contribution >= 4 is 11.9 Å². The summed E-state index contributed by atoms with van der Waals surface area (Å²) < 4.78 is 5.51. The van der Waals surface area contributed by atoms with E-state index >= 15 is 0 Å². The summed E-state index contributed by atoms with van der Waals surface area (Å²) >= 11 is 0. The first-order chi connectivity index (χ1) is 46.5. The summed E-state index contributed by atoms with van der Waals surface area (Å²) in [5, 5.41) is 23.5. The fourth-order valence-electron chi connectivity index (χ4n) is 14.1. The van der Waals surface area contributed by atoms with Crippen molar-refractivity contribution in [3.63, 3.8) is 0 Å². The van der Waals surface area contributed by atoms with Gasteiger partial charge in [-0.25, -0.2) is 0 Å². The Kier molecular flexibility index (Phi) is 82.3.